The number of aryl methyl sites for hydroxylation is 1. The van der Waals surface area contributed by atoms with Crippen molar-refractivity contribution in [1.29, 1.82) is 0 Å². The molecule has 20 heavy (non-hydrogen) atoms. The Bertz CT molecular complexity index is 598. The van der Waals surface area contributed by atoms with Crippen molar-refractivity contribution in [3.63, 3.8) is 0 Å². The maximum absolute atomic E-state index is 14.1. The summed E-state index contributed by atoms with van der Waals surface area (Å²) >= 11 is 5.59. The zero-order valence-electron chi connectivity index (χ0n) is 11.3. The van der Waals surface area contributed by atoms with Crippen LogP contribution in [0, 0.1) is 18.6 Å². The standard InChI is InChI=1S/C15H16ClF2NO/c1-3-6-19-15(14-5-4-9(2)20-14)10-7-13(18)11(16)8-12(10)17/h4-5,7-8,15,19H,3,6H2,1-2H3. The highest BCUT2D eigenvalue weighted by Crippen LogP contribution is 2.29. The van der Waals surface area contributed by atoms with E-state index >= 15 is 0 Å². The van der Waals surface area contributed by atoms with Gasteiger partial charge in [-0.1, -0.05) is 18.5 Å². The van der Waals surface area contributed by atoms with Gasteiger partial charge in [-0.25, -0.2) is 8.78 Å². The molecule has 1 unspecified atom stereocenters. The number of halogens is 3. The van der Waals surface area contributed by atoms with E-state index in [4.69, 9.17) is 16.0 Å². The van der Waals surface area contributed by atoms with Gasteiger partial charge in [0, 0.05) is 5.56 Å². The molecule has 1 N–H and O–H groups in total. The molecule has 0 bridgehead atoms. The Hall–Kier alpha value is -1.39. The first-order valence-electron chi connectivity index (χ1n) is 6.47. The number of nitrogens with one attached hydrogen (secondary N) is 1. The normalized spacial score (nSPS) is 12.7. The molecule has 0 aliphatic rings. The number of rotatable bonds is 5. The van der Waals surface area contributed by atoms with Crippen molar-refractivity contribution >= 4 is 11.6 Å². The van der Waals surface area contributed by atoms with E-state index in [9.17, 15) is 8.78 Å². The molecular weight excluding hydrogens is 284 g/mol. The van der Waals surface area contributed by atoms with Crippen LogP contribution in [0.1, 0.15) is 36.5 Å². The molecule has 1 aromatic heterocycles. The Kier molecular flexibility index (Phi) is 4.78. The maximum atomic E-state index is 14.1. The van der Waals surface area contributed by atoms with Crippen molar-refractivity contribution in [1.82, 2.24) is 5.32 Å². The SMILES string of the molecule is CCCNC(c1ccc(C)o1)c1cc(F)c(Cl)cc1F. The minimum absolute atomic E-state index is 0.190. The fraction of sp³-hybridized carbons (Fsp3) is 0.333. The molecule has 0 saturated carbocycles. The molecule has 0 spiro atoms. The number of furan rings is 1. The van der Waals surface area contributed by atoms with E-state index in [1.807, 2.05) is 6.92 Å². The third-order valence-corrected chi connectivity index (χ3v) is 3.28. The van der Waals surface area contributed by atoms with E-state index in [2.05, 4.69) is 5.32 Å². The molecule has 0 saturated heterocycles. The Morgan fingerprint density at radius 3 is 2.60 bits per heavy atom. The van der Waals surface area contributed by atoms with Gasteiger partial charge in [0.25, 0.3) is 0 Å². The number of hydrogen-bond acceptors (Lipinski definition) is 2. The Morgan fingerprint density at radius 2 is 2.00 bits per heavy atom. The van der Waals surface area contributed by atoms with Gasteiger partial charge < -0.3 is 9.73 Å². The van der Waals surface area contributed by atoms with Gasteiger partial charge in [0.2, 0.25) is 0 Å². The third kappa shape index (κ3) is 3.19. The molecule has 0 aliphatic heterocycles. The molecule has 2 rings (SSSR count). The molecular formula is C15H16ClF2NO. The lowest BCUT2D eigenvalue weighted by atomic mass is 10.0. The van der Waals surface area contributed by atoms with Crippen LogP contribution in [-0.4, -0.2) is 6.54 Å². The van der Waals surface area contributed by atoms with Gasteiger partial charge in [-0.15, -0.1) is 0 Å². The lowest BCUT2D eigenvalue weighted by Gasteiger charge is -2.18. The second kappa shape index (κ2) is 6.37. The minimum atomic E-state index is -0.644. The number of hydrogen-bond donors (Lipinski definition) is 1. The van der Waals surface area contributed by atoms with Gasteiger partial charge in [0.05, 0.1) is 11.1 Å². The van der Waals surface area contributed by atoms with Crippen LogP contribution in [-0.2, 0) is 0 Å². The molecule has 108 valence electrons. The predicted molar refractivity (Wildman–Crippen MR) is 74.9 cm³/mol. The van der Waals surface area contributed by atoms with E-state index < -0.39 is 17.7 Å². The smallest absolute Gasteiger partial charge is 0.142 e. The minimum Gasteiger partial charge on any atom is -0.464 e. The van der Waals surface area contributed by atoms with Crippen LogP contribution in [0.2, 0.25) is 5.02 Å². The topological polar surface area (TPSA) is 25.2 Å². The van der Waals surface area contributed by atoms with Crippen LogP contribution in [0.15, 0.2) is 28.7 Å². The van der Waals surface area contributed by atoms with Crippen molar-refractivity contribution in [3.8, 4) is 0 Å². The number of benzene rings is 1. The Balaban J connectivity index is 2.43. The summed E-state index contributed by atoms with van der Waals surface area (Å²) in [5.74, 6) is 0.0726. The molecule has 1 heterocycles. The summed E-state index contributed by atoms with van der Waals surface area (Å²) in [4.78, 5) is 0. The molecule has 5 heteroatoms. The van der Waals surface area contributed by atoms with Crippen LogP contribution in [0.25, 0.3) is 0 Å². The van der Waals surface area contributed by atoms with Gasteiger partial charge in [0.1, 0.15) is 23.2 Å². The second-order valence-electron chi connectivity index (χ2n) is 4.62. The quantitative estimate of drug-likeness (QED) is 0.816. The highest BCUT2D eigenvalue weighted by molar-refractivity contribution is 6.30. The van der Waals surface area contributed by atoms with Crippen LogP contribution in [0.4, 0.5) is 8.78 Å². The summed E-state index contributed by atoms with van der Waals surface area (Å²) in [5.41, 5.74) is 0.190. The monoisotopic (exact) mass is 299 g/mol. The van der Waals surface area contributed by atoms with Crippen molar-refractivity contribution in [2.45, 2.75) is 26.3 Å². The highest BCUT2D eigenvalue weighted by atomic mass is 35.5. The average Bonchev–Trinajstić information content (AvgIpc) is 2.82. The summed E-state index contributed by atoms with van der Waals surface area (Å²) in [6.07, 6.45) is 0.869. The molecule has 0 radical (unpaired) electrons. The zero-order chi connectivity index (χ0) is 14.7. The van der Waals surface area contributed by atoms with Gasteiger partial charge >= 0.3 is 0 Å². The van der Waals surface area contributed by atoms with E-state index in [1.54, 1.807) is 19.1 Å². The van der Waals surface area contributed by atoms with E-state index in [0.717, 1.165) is 24.3 Å². The molecule has 0 fully saturated rings. The van der Waals surface area contributed by atoms with Gasteiger partial charge in [0.15, 0.2) is 0 Å². The molecule has 0 aliphatic carbocycles. The summed E-state index contributed by atoms with van der Waals surface area (Å²) in [6.45, 7) is 4.46. The van der Waals surface area contributed by atoms with Crippen molar-refractivity contribution < 1.29 is 13.2 Å². The lowest BCUT2D eigenvalue weighted by Crippen LogP contribution is -2.24. The predicted octanol–water partition coefficient (Wildman–Crippen LogP) is 4.61. The van der Waals surface area contributed by atoms with Crippen LogP contribution < -0.4 is 5.32 Å². The lowest BCUT2D eigenvalue weighted by molar-refractivity contribution is 0.420. The van der Waals surface area contributed by atoms with E-state index in [0.29, 0.717) is 12.3 Å². The first-order valence-corrected chi connectivity index (χ1v) is 6.85. The highest BCUT2D eigenvalue weighted by Gasteiger charge is 2.22. The maximum Gasteiger partial charge on any atom is 0.142 e. The molecule has 1 atom stereocenters. The first-order chi connectivity index (χ1) is 9.52. The summed E-state index contributed by atoms with van der Waals surface area (Å²) in [7, 11) is 0. The molecule has 2 aromatic rings. The molecule has 1 aromatic carbocycles. The van der Waals surface area contributed by atoms with E-state index in [-0.39, 0.29) is 10.6 Å². The van der Waals surface area contributed by atoms with Crippen LogP contribution in [0.3, 0.4) is 0 Å². The van der Waals surface area contributed by atoms with Gasteiger partial charge in [-0.2, -0.15) is 0 Å². The second-order valence-corrected chi connectivity index (χ2v) is 5.03. The summed E-state index contributed by atoms with van der Waals surface area (Å²) in [6, 6.07) is 5.12. The van der Waals surface area contributed by atoms with Gasteiger partial charge in [-0.05, 0) is 44.2 Å². The largest absolute Gasteiger partial charge is 0.464 e. The molecule has 0 amide bonds. The molecule has 2 nitrogen and oxygen atoms in total. The first kappa shape index (κ1) is 15.0. The van der Waals surface area contributed by atoms with Crippen molar-refractivity contribution in [2.75, 3.05) is 6.54 Å². The fourth-order valence-electron chi connectivity index (χ4n) is 2.02. The van der Waals surface area contributed by atoms with Gasteiger partial charge in [-0.3, -0.25) is 0 Å². The third-order valence-electron chi connectivity index (χ3n) is 2.99. The van der Waals surface area contributed by atoms with Crippen molar-refractivity contribution in [3.05, 3.63) is 58.0 Å². The van der Waals surface area contributed by atoms with Crippen LogP contribution >= 0.6 is 11.6 Å². The average molecular weight is 300 g/mol. The Morgan fingerprint density at radius 1 is 1.25 bits per heavy atom. The summed E-state index contributed by atoms with van der Waals surface area (Å²) in [5, 5.41) is 2.93. The van der Waals surface area contributed by atoms with Crippen molar-refractivity contribution in [2.24, 2.45) is 0 Å². The van der Waals surface area contributed by atoms with Crippen LogP contribution in [0.5, 0.6) is 0 Å². The van der Waals surface area contributed by atoms with E-state index in [1.165, 1.54) is 0 Å². The zero-order valence-corrected chi connectivity index (χ0v) is 12.1. The summed E-state index contributed by atoms with van der Waals surface area (Å²) < 4.78 is 33.2. The fourth-order valence-corrected chi connectivity index (χ4v) is 2.17. The Labute approximate surface area is 121 Å².